The molecule has 1 aromatic rings. The van der Waals surface area contributed by atoms with E-state index in [-0.39, 0.29) is 11.8 Å². The van der Waals surface area contributed by atoms with Gasteiger partial charge in [-0.3, -0.25) is 0 Å². The van der Waals surface area contributed by atoms with E-state index in [1.165, 1.54) is 0 Å². The lowest BCUT2D eigenvalue weighted by molar-refractivity contribution is 0.287. The zero-order valence-corrected chi connectivity index (χ0v) is 11.6. The summed E-state index contributed by atoms with van der Waals surface area (Å²) < 4.78 is 11.1. The monoisotopic (exact) mass is 247 g/mol. The molecule has 0 saturated carbocycles. The predicted molar refractivity (Wildman–Crippen MR) is 72.0 cm³/mol. The zero-order chi connectivity index (χ0) is 13.5. The fraction of sp³-hybridized carbons (Fsp3) is 0.533. The first kappa shape index (κ1) is 14.4. The van der Waals surface area contributed by atoms with Gasteiger partial charge < -0.3 is 9.47 Å². The molecule has 1 atom stereocenters. The third-order valence-corrected chi connectivity index (χ3v) is 2.73. The van der Waals surface area contributed by atoms with Crippen LogP contribution in [-0.4, -0.2) is 13.2 Å². The van der Waals surface area contributed by atoms with Gasteiger partial charge in [0.15, 0.2) is 11.5 Å². The van der Waals surface area contributed by atoms with E-state index < -0.39 is 0 Å². The summed E-state index contributed by atoms with van der Waals surface area (Å²) in [5.41, 5.74) is 0.986. The highest BCUT2D eigenvalue weighted by atomic mass is 16.5. The van der Waals surface area contributed by atoms with E-state index in [0.29, 0.717) is 13.2 Å². The van der Waals surface area contributed by atoms with Gasteiger partial charge in [0.2, 0.25) is 0 Å². The van der Waals surface area contributed by atoms with Crippen LogP contribution in [0, 0.1) is 17.2 Å². The van der Waals surface area contributed by atoms with Crippen LogP contribution >= 0.6 is 0 Å². The number of benzene rings is 1. The molecule has 0 N–H and O–H groups in total. The molecule has 1 rings (SSSR count). The highest BCUT2D eigenvalue weighted by molar-refractivity contribution is 5.45. The Kier molecular flexibility index (Phi) is 5.51. The summed E-state index contributed by atoms with van der Waals surface area (Å²) in [6, 6.07) is 8.09. The molecule has 3 nitrogen and oxygen atoms in total. The van der Waals surface area contributed by atoms with Crippen LogP contribution in [0.4, 0.5) is 0 Å². The van der Waals surface area contributed by atoms with Crippen molar-refractivity contribution in [1.29, 1.82) is 5.26 Å². The molecule has 0 aliphatic rings. The lowest BCUT2D eigenvalue weighted by Gasteiger charge is -2.16. The molecule has 0 aromatic heterocycles. The topological polar surface area (TPSA) is 42.2 Å². The van der Waals surface area contributed by atoms with Gasteiger partial charge in [0.25, 0.3) is 0 Å². The fourth-order valence-corrected chi connectivity index (χ4v) is 1.87. The maximum atomic E-state index is 9.22. The van der Waals surface area contributed by atoms with E-state index in [9.17, 15) is 5.26 Å². The van der Waals surface area contributed by atoms with E-state index in [1.807, 2.05) is 45.9 Å². The predicted octanol–water partition coefficient (Wildman–Crippen LogP) is 3.75. The second-order valence-corrected chi connectivity index (χ2v) is 4.42. The molecule has 0 aliphatic carbocycles. The van der Waals surface area contributed by atoms with Crippen LogP contribution in [0.5, 0.6) is 11.5 Å². The number of nitrogens with zero attached hydrogens (tertiary/aromatic N) is 1. The molecule has 1 unspecified atom stereocenters. The summed E-state index contributed by atoms with van der Waals surface area (Å²) in [5, 5.41) is 9.22. The maximum Gasteiger partial charge on any atom is 0.161 e. The smallest absolute Gasteiger partial charge is 0.161 e. The molecule has 0 fully saturated rings. The minimum Gasteiger partial charge on any atom is -0.490 e. The van der Waals surface area contributed by atoms with Crippen LogP contribution in [0.2, 0.25) is 0 Å². The SMILES string of the molecule is CCOc1ccc(C(C#N)C(C)C)cc1OCC. The largest absolute Gasteiger partial charge is 0.490 e. The molecule has 0 amide bonds. The van der Waals surface area contributed by atoms with Crippen molar-refractivity contribution in [3.63, 3.8) is 0 Å². The van der Waals surface area contributed by atoms with Crippen LogP contribution in [0.3, 0.4) is 0 Å². The quantitative estimate of drug-likeness (QED) is 0.768. The van der Waals surface area contributed by atoms with E-state index in [1.54, 1.807) is 0 Å². The molecular formula is C15H21NO2. The van der Waals surface area contributed by atoms with Gasteiger partial charge in [0.1, 0.15) is 0 Å². The highest BCUT2D eigenvalue weighted by Crippen LogP contribution is 2.33. The van der Waals surface area contributed by atoms with Crippen molar-refractivity contribution in [2.45, 2.75) is 33.6 Å². The Bertz CT molecular complexity index is 421. The van der Waals surface area contributed by atoms with Gasteiger partial charge >= 0.3 is 0 Å². The molecule has 0 spiro atoms. The van der Waals surface area contributed by atoms with Crippen LogP contribution in [-0.2, 0) is 0 Å². The molecule has 0 radical (unpaired) electrons. The molecule has 0 aliphatic heterocycles. The minimum atomic E-state index is -0.111. The van der Waals surface area contributed by atoms with Crippen molar-refractivity contribution in [3.8, 4) is 17.6 Å². The van der Waals surface area contributed by atoms with Gasteiger partial charge in [0, 0.05) is 0 Å². The summed E-state index contributed by atoms with van der Waals surface area (Å²) in [4.78, 5) is 0. The maximum absolute atomic E-state index is 9.22. The molecule has 3 heteroatoms. The van der Waals surface area contributed by atoms with Crippen LogP contribution < -0.4 is 9.47 Å². The van der Waals surface area contributed by atoms with Crippen LogP contribution in [0.25, 0.3) is 0 Å². The Morgan fingerprint density at radius 2 is 1.72 bits per heavy atom. The molecule has 98 valence electrons. The first-order valence-electron chi connectivity index (χ1n) is 6.43. The molecule has 0 heterocycles. The van der Waals surface area contributed by atoms with Gasteiger partial charge in [0.05, 0.1) is 25.2 Å². The second-order valence-electron chi connectivity index (χ2n) is 4.42. The summed E-state index contributed by atoms with van der Waals surface area (Å²) in [5.74, 6) is 1.63. The fourth-order valence-electron chi connectivity index (χ4n) is 1.87. The first-order chi connectivity index (χ1) is 8.63. The molecule has 0 saturated heterocycles. The number of hydrogen-bond donors (Lipinski definition) is 0. The van der Waals surface area contributed by atoms with Crippen molar-refractivity contribution >= 4 is 0 Å². The van der Waals surface area contributed by atoms with Crippen molar-refractivity contribution in [1.82, 2.24) is 0 Å². The Balaban J connectivity index is 3.09. The van der Waals surface area contributed by atoms with Gasteiger partial charge in [-0.15, -0.1) is 0 Å². The van der Waals surface area contributed by atoms with Crippen LogP contribution in [0.15, 0.2) is 18.2 Å². The Morgan fingerprint density at radius 1 is 1.11 bits per heavy atom. The Morgan fingerprint density at radius 3 is 2.22 bits per heavy atom. The van der Waals surface area contributed by atoms with Crippen molar-refractivity contribution in [2.75, 3.05) is 13.2 Å². The highest BCUT2D eigenvalue weighted by Gasteiger charge is 2.17. The molecule has 1 aromatic carbocycles. The van der Waals surface area contributed by atoms with Gasteiger partial charge in [-0.05, 0) is 37.5 Å². The average molecular weight is 247 g/mol. The van der Waals surface area contributed by atoms with E-state index in [0.717, 1.165) is 17.1 Å². The normalized spacial score (nSPS) is 12.0. The first-order valence-corrected chi connectivity index (χ1v) is 6.43. The lowest BCUT2D eigenvalue weighted by atomic mass is 9.89. The Labute approximate surface area is 109 Å². The number of ether oxygens (including phenoxy) is 2. The summed E-state index contributed by atoms with van der Waals surface area (Å²) >= 11 is 0. The van der Waals surface area contributed by atoms with Gasteiger partial charge in [-0.1, -0.05) is 19.9 Å². The summed E-state index contributed by atoms with van der Waals surface area (Å²) in [6.07, 6.45) is 0. The standard InChI is InChI=1S/C15H21NO2/c1-5-17-14-8-7-12(9-15(14)18-6-2)13(10-16)11(3)4/h7-9,11,13H,5-6H2,1-4H3. The Hall–Kier alpha value is -1.69. The van der Waals surface area contributed by atoms with E-state index in [2.05, 4.69) is 6.07 Å². The number of hydrogen-bond acceptors (Lipinski definition) is 3. The summed E-state index contributed by atoms with van der Waals surface area (Å²) in [6.45, 7) is 9.16. The van der Waals surface area contributed by atoms with Crippen molar-refractivity contribution in [2.24, 2.45) is 5.92 Å². The zero-order valence-electron chi connectivity index (χ0n) is 11.6. The van der Waals surface area contributed by atoms with Gasteiger partial charge in [-0.2, -0.15) is 5.26 Å². The number of rotatable bonds is 6. The molecule has 18 heavy (non-hydrogen) atoms. The third-order valence-electron chi connectivity index (χ3n) is 2.73. The minimum absolute atomic E-state index is 0.111. The van der Waals surface area contributed by atoms with Gasteiger partial charge in [-0.25, -0.2) is 0 Å². The van der Waals surface area contributed by atoms with Crippen molar-refractivity contribution in [3.05, 3.63) is 23.8 Å². The third kappa shape index (κ3) is 3.40. The number of nitriles is 1. The van der Waals surface area contributed by atoms with Crippen molar-refractivity contribution < 1.29 is 9.47 Å². The lowest BCUT2D eigenvalue weighted by Crippen LogP contribution is -2.05. The summed E-state index contributed by atoms with van der Waals surface area (Å²) in [7, 11) is 0. The van der Waals surface area contributed by atoms with Crippen LogP contribution in [0.1, 0.15) is 39.2 Å². The average Bonchev–Trinajstić information content (AvgIpc) is 2.33. The molecule has 0 bridgehead atoms. The van der Waals surface area contributed by atoms with E-state index >= 15 is 0 Å². The molecular weight excluding hydrogens is 226 g/mol. The second kappa shape index (κ2) is 6.90. The van der Waals surface area contributed by atoms with E-state index in [4.69, 9.17) is 9.47 Å².